The molecular weight excluding hydrogens is 270 g/mol. The van der Waals surface area contributed by atoms with Crippen LogP contribution >= 0.6 is 0 Å². The first-order valence-corrected chi connectivity index (χ1v) is 9.31. The highest BCUT2D eigenvalue weighted by Crippen LogP contribution is 2.23. The van der Waals surface area contributed by atoms with Crippen molar-refractivity contribution in [3.05, 3.63) is 29.8 Å². The fraction of sp³-hybridized carbons (Fsp3) is 0.700. The van der Waals surface area contributed by atoms with Gasteiger partial charge in [0.2, 0.25) is 0 Å². The van der Waals surface area contributed by atoms with E-state index in [-0.39, 0.29) is 0 Å². The Kier molecular flexibility index (Phi) is 8.40. The number of rotatable bonds is 10. The molecule has 0 heterocycles. The zero-order valence-electron chi connectivity index (χ0n) is 14.3. The second-order valence-electron chi connectivity index (χ2n) is 6.69. The molecule has 0 aliphatic heterocycles. The minimum atomic E-state index is 0.846. The van der Waals surface area contributed by atoms with Gasteiger partial charge < -0.3 is 10.1 Å². The highest BCUT2D eigenvalue weighted by molar-refractivity contribution is 5.28. The van der Waals surface area contributed by atoms with Crippen LogP contribution in [0.4, 0.5) is 0 Å². The summed E-state index contributed by atoms with van der Waals surface area (Å²) < 4.78 is 5.86. The van der Waals surface area contributed by atoms with Gasteiger partial charge in [0.15, 0.2) is 0 Å². The molecule has 2 nitrogen and oxygen atoms in total. The Hall–Kier alpha value is -1.02. The molecule has 0 aromatic heterocycles. The number of unbranched alkanes of at least 4 members (excludes halogenated alkanes) is 3. The molecule has 22 heavy (non-hydrogen) atoms. The van der Waals surface area contributed by atoms with Crippen molar-refractivity contribution in [3.8, 4) is 5.75 Å². The summed E-state index contributed by atoms with van der Waals surface area (Å²) in [6.07, 6.45) is 12.1. The monoisotopic (exact) mass is 303 g/mol. The normalized spacial score (nSPS) is 15.9. The van der Waals surface area contributed by atoms with Crippen LogP contribution in [-0.2, 0) is 6.54 Å². The number of hydrogen-bond acceptors (Lipinski definition) is 2. The van der Waals surface area contributed by atoms with Crippen LogP contribution in [-0.4, -0.2) is 13.2 Å². The maximum Gasteiger partial charge on any atom is 0.119 e. The molecule has 0 saturated heterocycles. The summed E-state index contributed by atoms with van der Waals surface area (Å²) in [6.45, 7) is 5.22. The molecule has 1 saturated carbocycles. The topological polar surface area (TPSA) is 21.3 Å². The SMILES string of the molecule is CCCCCCOc1cccc(CNCC2CCCCC2)c1. The van der Waals surface area contributed by atoms with Crippen LogP contribution in [0.2, 0.25) is 0 Å². The van der Waals surface area contributed by atoms with Gasteiger partial charge in [-0.05, 0) is 49.4 Å². The van der Waals surface area contributed by atoms with Crippen molar-refractivity contribution in [1.29, 1.82) is 0 Å². The van der Waals surface area contributed by atoms with E-state index < -0.39 is 0 Å². The van der Waals surface area contributed by atoms with Crippen molar-refractivity contribution in [2.24, 2.45) is 5.92 Å². The molecular formula is C20H33NO. The highest BCUT2D eigenvalue weighted by atomic mass is 16.5. The van der Waals surface area contributed by atoms with Gasteiger partial charge in [0, 0.05) is 6.54 Å². The lowest BCUT2D eigenvalue weighted by Crippen LogP contribution is -2.24. The van der Waals surface area contributed by atoms with Crippen molar-refractivity contribution in [3.63, 3.8) is 0 Å². The first kappa shape index (κ1) is 17.3. The van der Waals surface area contributed by atoms with Gasteiger partial charge >= 0.3 is 0 Å². The van der Waals surface area contributed by atoms with E-state index in [1.807, 2.05) is 0 Å². The van der Waals surface area contributed by atoms with Crippen LogP contribution in [0.5, 0.6) is 5.75 Å². The maximum absolute atomic E-state index is 5.86. The fourth-order valence-electron chi connectivity index (χ4n) is 3.28. The molecule has 0 spiro atoms. The minimum Gasteiger partial charge on any atom is -0.494 e. The second-order valence-corrected chi connectivity index (χ2v) is 6.69. The molecule has 1 N–H and O–H groups in total. The third kappa shape index (κ3) is 6.83. The maximum atomic E-state index is 5.86. The summed E-state index contributed by atoms with van der Waals surface area (Å²) >= 11 is 0. The summed E-state index contributed by atoms with van der Waals surface area (Å²) in [7, 11) is 0. The number of nitrogens with one attached hydrogen (secondary N) is 1. The predicted octanol–water partition coefficient (Wildman–Crippen LogP) is 5.32. The Balaban J connectivity index is 1.64. The molecule has 0 atom stereocenters. The second kappa shape index (κ2) is 10.7. The molecule has 2 heteroatoms. The Bertz CT molecular complexity index is 398. The highest BCUT2D eigenvalue weighted by Gasteiger charge is 2.12. The van der Waals surface area contributed by atoms with Crippen LogP contribution < -0.4 is 10.1 Å². The van der Waals surface area contributed by atoms with Gasteiger partial charge in [0.05, 0.1) is 6.61 Å². The van der Waals surface area contributed by atoms with E-state index in [2.05, 4.69) is 36.5 Å². The molecule has 0 amide bonds. The van der Waals surface area contributed by atoms with Gasteiger partial charge in [-0.15, -0.1) is 0 Å². The van der Waals surface area contributed by atoms with E-state index in [4.69, 9.17) is 4.74 Å². The van der Waals surface area contributed by atoms with E-state index >= 15 is 0 Å². The van der Waals surface area contributed by atoms with Crippen molar-refractivity contribution < 1.29 is 4.74 Å². The van der Waals surface area contributed by atoms with E-state index in [1.54, 1.807) is 0 Å². The van der Waals surface area contributed by atoms with E-state index in [0.717, 1.165) is 31.2 Å². The molecule has 0 unspecified atom stereocenters. The quantitative estimate of drug-likeness (QED) is 0.591. The summed E-state index contributed by atoms with van der Waals surface area (Å²) in [4.78, 5) is 0. The third-order valence-electron chi connectivity index (χ3n) is 4.65. The van der Waals surface area contributed by atoms with Gasteiger partial charge in [-0.25, -0.2) is 0 Å². The minimum absolute atomic E-state index is 0.846. The predicted molar refractivity (Wildman–Crippen MR) is 94.4 cm³/mol. The van der Waals surface area contributed by atoms with E-state index in [9.17, 15) is 0 Å². The average molecular weight is 303 g/mol. The van der Waals surface area contributed by atoms with Crippen molar-refractivity contribution in [2.45, 2.75) is 71.3 Å². The van der Waals surface area contributed by atoms with Gasteiger partial charge in [0.1, 0.15) is 5.75 Å². The fourth-order valence-corrected chi connectivity index (χ4v) is 3.28. The average Bonchev–Trinajstić information content (AvgIpc) is 2.56. The van der Waals surface area contributed by atoms with Crippen LogP contribution in [0.1, 0.15) is 70.3 Å². The molecule has 0 bridgehead atoms. The number of hydrogen-bond donors (Lipinski definition) is 1. The molecule has 124 valence electrons. The van der Waals surface area contributed by atoms with Gasteiger partial charge in [-0.1, -0.05) is 57.6 Å². The summed E-state index contributed by atoms with van der Waals surface area (Å²) in [5.74, 6) is 1.92. The van der Waals surface area contributed by atoms with Gasteiger partial charge in [-0.3, -0.25) is 0 Å². The molecule has 1 aliphatic rings. The first-order valence-electron chi connectivity index (χ1n) is 9.31. The molecule has 1 aromatic rings. The number of ether oxygens (including phenoxy) is 1. The first-order chi connectivity index (χ1) is 10.9. The van der Waals surface area contributed by atoms with Crippen LogP contribution in [0.25, 0.3) is 0 Å². The van der Waals surface area contributed by atoms with E-state index in [1.165, 1.54) is 63.5 Å². The lowest BCUT2D eigenvalue weighted by Gasteiger charge is -2.21. The molecule has 1 fully saturated rings. The largest absolute Gasteiger partial charge is 0.494 e. The zero-order chi connectivity index (χ0) is 15.5. The van der Waals surface area contributed by atoms with Crippen molar-refractivity contribution in [2.75, 3.05) is 13.2 Å². The zero-order valence-corrected chi connectivity index (χ0v) is 14.3. The Labute approximate surface area is 136 Å². The van der Waals surface area contributed by atoms with E-state index in [0.29, 0.717) is 0 Å². The van der Waals surface area contributed by atoms with Crippen LogP contribution in [0.15, 0.2) is 24.3 Å². The lowest BCUT2D eigenvalue weighted by molar-refractivity contribution is 0.304. The van der Waals surface area contributed by atoms with Crippen molar-refractivity contribution >= 4 is 0 Å². The van der Waals surface area contributed by atoms with Crippen molar-refractivity contribution in [1.82, 2.24) is 5.32 Å². The summed E-state index contributed by atoms with van der Waals surface area (Å²) in [5, 5.41) is 3.63. The molecule has 0 radical (unpaired) electrons. The van der Waals surface area contributed by atoms with Crippen LogP contribution in [0.3, 0.4) is 0 Å². The summed E-state index contributed by atoms with van der Waals surface area (Å²) in [6, 6.07) is 8.56. The Morgan fingerprint density at radius 2 is 1.95 bits per heavy atom. The smallest absolute Gasteiger partial charge is 0.119 e. The third-order valence-corrected chi connectivity index (χ3v) is 4.65. The van der Waals surface area contributed by atoms with Gasteiger partial charge in [0.25, 0.3) is 0 Å². The number of benzene rings is 1. The molecule has 2 rings (SSSR count). The molecule has 1 aliphatic carbocycles. The molecule has 1 aromatic carbocycles. The standard InChI is InChI=1S/C20H33NO/c1-2-3-4-8-14-22-20-13-9-12-19(15-20)17-21-16-18-10-6-5-7-11-18/h9,12-13,15,18,21H,2-8,10-11,14,16-17H2,1H3. The Morgan fingerprint density at radius 3 is 2.77 bits per heavy atom. The lowest BCUT2D eigenvalue weighted by atomic mass is 9.89. The Morgan fingerprint density at radius 1 is 1.09 bits per heavy atom. The summed E-state index contributed by atoms with van der Waals surface area (Å²) in [5.41, 5.74) is 1.34. The van der Waals surface area contributed by atoms with Gasteiger partial charge in [-0.2, -0.15) is 0 Å². The van der Waals surface area contributed by atoms with Crippen LogP contribution in [0, 0.1) is 5.92 Å².